The lowest BCUT2D eigenvalue weighted by Crippen LogP contribution is -2.44. The minimum atomic E-state index is -2.57. The summed E-state index contributed by atoms with van der Waals surface area (Å²) < 4.78 is 27.1. The molecular formula is C15H32N2O7Si2. The monoisotopic (exact) mass is 408 g/mol. The second kappa shape index (κ2) is 16.2. The van der Waals surface area contributed by atoms with Crippen LogP contribution in [0.3, 0.4) is 0 Å². The minimum Gasteiger partial charge on any atom is -0.394 e. The lowest BCUT2D eigenvalue weighted by atomic mass is 10.7. The third-order valence-corrected chi connectivity index (χ3v) is 7.67. The fourth-order valence-corrected chi connectivity index (χ4v) is 5.76. The molecule has 26 heavy (non-hydrogen) atoms. The number of hydrogen-bond donors (Lipinski definition) is 0. The highest BCUT2D eigenvalue weighted by Crippen LogP contribution is 2.11. The number of carbonyl (C=O) groups excluding carboxylic acids is 2. The van der Waals surface area contributed by atoms with Crippen LogP contribution in [0.1, 0.15) is 34.6 Å². The van der Waals surface area contributed by atoms with Crippen molar-refractivity contribution < 1.29 is 31.7 Å². The zero-order chi connectivity index (χ0) is 20.5. The molecule has 2 atom stereocenters. The van der Waals surface area contributed by atoms with Crippen LogP contribution < -0.4 is 0 Å². The molecule has 0 bridgehead atoms. The normalized spacial score (nSPS) is 14.1. The number of aliphatic imine (C=N–C) groups is 2. The SMILES string of the molecule is CCO[Si](C)(CN=C=O)OC(C)N=C=O.CCO[Si](C)(OCC)OCC. The van der Waals surface area contributed by atoms with Crippen LogP contribution in [-0.4, -0.2) is 68.3 Å². The van der Waals surface area contributed by atoms with Gasteiger partial charge in [0.15, 0.2) is 0 Å². The van der Waals surface area contributed by atoms with Crippen molar-refractivity contribution in [3.8, 4) is 0 Å². The molecule has 2 unspecified atom stereocenters. The van der Waals surface area contributed by atoms with E-state index in [0.29, 0.717) is 26.4 Å². The summed E-state index contributed by atoms with van der Waals surface area (Å²) in [5.74, 6) is 0. The van der Waals surface area contributed by atoms with Crippen LogP contribution in [0.15, 0.2) is 9.98 Å². The van der Waals surface area contributed by atoms with E-state index in [4.69, 9.17) is 22.1 Å². The summed E-state index contributed by atoms with van der Waals surface area (Å²) in [5, 5.41) is 0. The van der Waals surface area contributed by atoms with E-state index in [-0.39, 0.29) is 6.17 Å². The number of nitrogens with zero attached hydrogens (tertiary/aromatic N) is 2. The van der Waals surface area contributed by atoms with Gasteiger partial charge in [-0.3, -0.25) is 0 Å². The molecule has 0 N–H and O–H groups in total. The summed E-state index contributed by atoms with van der Waals surface area (Å²) >= 11 is 0. The second-order valence-corrected chi connectivity index (χ2v) is 10.8. The summed E-state index contributed by atoms with van der Waals surface area (Å²) in [4.78, 5) is 26.8. The Morgan fingerprint density at radius 1 is 0.846 bits per heavy atom. The topological polar surface area (TPSA) is 105 Å². The Hall–Kier alpha value is -1.01. The standard InChI is InChI=1S/C8H14N2O4Si.C7H18O3Si/c1-4-13-15(3,7-9-5-11)14-8(2)10-6-12;1-5-8-11(4,9-6-2)10-7-3/h8H,4,7H2,1-3H3;5-7H2,1-4H3. The van der Waals surface area contributed by atoms with Crippen molar-refractivity contribution >= 4 is 29.5 Å². The van der Waals surface area contributed by atoms with Crippen molar-refractivity contribution in [3.63, 3.8) is 0 Å². The Labute approximate surface area is 158 Å². The Kier molecular flexibility index (Phi) is 16.9. The summed E-state index contributed by atoms with van der Waals surface area (Å²) in [6.45, 7) is 15.3. The predicted molar refractivity (Wildman–Crippen MR) is 101 cm³/mol. The smallest absolute Gasteiger partial charge is 0.394 e. The molecule has 0 aromatic rings. The Balaban J connectivity index is 0. The van der Waals surface area contributed by atoms with E-state index in [1.165, 1.54) is 12.2 Å². The Morgan fingerprint density at radius 3 is 1.65 bits per heavy atom. The Bertz CT molecular complexity index is 440. The maximum Gasteiger partial charge on any atom is 0.497 e. The molecule has 0 heterocycles. The summed E-state index contributed by atoms with van der Waals surface area (Å²) in [5.41, 5.74) is 0. The van der Waals surface area contributed by atoms with E-state index in [0.717, 1.165) is 0 Å². The fourth-order valence-electron chi connectivity index (χ4n) is 1.97. The van der Waals surface area contributed by atoms with E-state index in [1.807, 2.05) is 34.2 Å². The van der Waals surface area contributed by atoms with E-state index in [9.17, 15) is 9.59 Å². The lowest BCUT2D eigenvalue weighted by Gasteiger charge is -2.25. The summed E-state index contributed by atoms with van der Waals surface area (Å²) in [6.07, 6.45) is 2.34. The molecule has 0 radical (unpaired) electrons. The van der Waals surface area contributed by atoms with E-state index in [1.54, 1.807) is 13.5 Å². The van der Waals surface area contributed by atoms with Crippen LogP contribution in [-0.2, 0) is 31.7 Å². The number of hydrogen-bond acceptors (Lipinski definition) is 9. The highest BCUT2D eigenvalue weighted by molar-refractivity contribution is 6.66. The molecule has 0 aromatic heterocycles. The van der Waals surface area contributed by atoms with Gasteiger partial charge in [-0.2, -0.15) is 4.99 Å². The van der Waals surface area contributed by atoms with Gasteiger partial charge < -0.3 is 22.1 Å². The van der Waals surface area contributed by atoms with E-state index in [2.05, 4.69) is 9.98 Å². The zero-order valence-electron chi connectivity index (χ0n) is 16.9. The molecule has 0 fully saturated rings. The van der Waals surface area contributed by atoms with Crippen molar-refractivity contribution in [2.45, 2.75) is 53.9 Å². The third kappa shape index (κ3) is 14.2. The first kappa shape index (κ1) is 27.2. The van der Waals surface area contributed by atoms with Gasteiger partial charge in [0.25, 0.3) is 0 Å². The van der Waals surface area contributed by atoms with Crippen LogP contribution in [0, 0.1) is 0 Å². The summed E-state index contributed by atoms with van der Waals surface area (Å²) in [7, 11) is -4.82. The first-order valence-corrected chi connectivity index (χ1v) is 13.3. The van der Waals surface area contributed by atoms with Gasteiger partial charge in [0, 0.05) is 33.0 Å². The number of isocyanates is 2. The summed E-state index contributed by atoms with van der Waals surface area (Å²) in [6, 6.07) is 0. The van der Waals surface area contributed by atoms with Crippen molar-refractivity contribution in [3.05, 3.63) is 0 Å². The van der Waals surface area contributed by atoms with Crippen molar-refractivity contribution in [1.82, 2.24) is 0 Å². The van der Waals surface area contributed by atoms with Gasteiger partial charge in [0.2, 0.25) is 12.2 Å². The quantitative estimate of drug-likeness (QED) is 0.262. The molecule has 0 aromatic carbocycles. The van der Waals surface area contributed by atoms with Gasteiger partial charge in [-0.05, 0) is 41.2 Å². The predicted octanol–water partition coefficient (Wildman–Crippen LogP) is 2.33. The van der Waals surface area contributed by atoms with Crippen molar-refractivity contribution in [2.24, 2.45) is 9.98 Å². The highest BCUT2D eigenvalue weighted by Gasteiger charge is 2.34. The molecule has 0 spiro atoms. The maximum atomic E-state index is 10.0. The van der Waals surface area contributed by atoms with Gasteiger partial charge in [-0.25, -0.2) is 14.6 Å². The molecule has 11 heteroatoms. The van der Waals surface area contributed by atoms with Crippen molar-refractivity contribution in [2.75, 3.05) is 32.6 Å². The van der Waals surface area contributed by atoms with Gasteiger partial charge in [0.05, 0.1) is 6.17 Å². The van der Waals surface area contributed by atoms with Crippen molar-refractivity contribution in [1.29, 1.82) is 0 Å². The molecule has 0 saturated heterocycles. The van der Waals surface area contributed by atoms with Gasteiger partial charge in [-0.1, -0.05) is 0 Å². The van der Waals surface area contributed by atoms with Gasteiger partial charge in [-0.15, -0.1) is 0 Å². The first-order chi connectivity index (χ1) is 12.3. The Morgan fingerprint density at radius 2 is 1.31 bits per heavy atom. The van der Waals surface area contributed by atoms with Gasteiger partial charge >= 0.3 is 17.4 Å². The minimum absolute atomic E-state index is 0.142. The van der Waals surface area contributed by atoms with Crippen LogP contribution in [0.4, 0.5) is 0 Å². The maximum absolute atomic E-state index is 10.0. The molecule has 0 aliphatic rings. The van der Waals surface area contributed by atoms with Crippen LogP contribution in [0.5, 0.6) is 0 Å². The van der Waals surface area contributed by atoms with Crippen LogP contribution in [0.25, 0.3) is 0 Å². The first-order valence-electron chi connectivity index (χ1n) is 8.60. The molecular weight excluding hydrogens is 376 g/mol. The molecule has 0 aliphatic carbocycles. The molecule has 0 amide bonds. The lowest BCUT2D eigenvalue weighted by molar-refractivity contribution is 0.0783. The third-order valence-electron chi connectivity index (χ3n) is 2.75. The number of rotatable bonds is 13. The van der Waals surface area contributed by atoms with Crippen LogP contribution in [0.2, 0.25) is 13.1 Å². The van der Waals surface area contributed by atoms with E-state index >= 15 is 0 Å². The average Bonchev–Trinajstić information content (AvgIpc) is 2.54. The van der Waals surface area contributed by atoms with Crippen LogP contribution >= 0.6 is 0 Å². The van der Waals surface area contributed by atoms with Gasteiger partial charge in [0.1, 0.15) is 6.23 Å². The molecule has 9 nitrogen and oxygen atoms in total. The molecule has 152 valence electrons. The average molecular weight is 409 g/mol. The molecule has 0 aliphatic heterocycles. The molecule has 0 saturated carbocycles. The second-order valence-electron chi connectivity index (χ2n) is 5.07. The fraction of sp³-hybridized carbons (Fsp3) is 0.867. The zero-order valence-corrected chi connectivity index (χ0v) is 18.9. The highest BCUT2D eigenvalue weighted by atomic mass is 28.4. The molecule has 0 rings (SSSR count). The van der Waals surface area contributed by atoms with E-state index < -0.39 is 23.6 Å². The largest absolute Gasteiger partial charge is 0.497 e.